The van der Waals surface area contributed by atoms with Crippen molar-refractivity contribution in [3.63, 3.8) is 0 Å². The Bertz CT molecular complexity index is 351. The highest BCUT2D eigenvalue weighted by Gasteiger charge is 2.25. The molecule has 2 fully saturated rings. The van der Waals surface area contributed by atoms with Crippen molar-refractivity contribution >= 4 is 0 Å². The van der Waals surface area contributed by atoms with Crippen LogP contribution >= 0.6 is 0 Å². The van der Waals surface area contributed by atoms with Crippen LogP contribution in [0.2, 0.25) is 0 Å². The summed E-state index contributed by atoms with van der Waals surface area (Å²) in [6.07, 6.45) is 7.82. The number of hydrogen-bond donors (Lipinski definition) is 5. The van der Waals surface area contributed by atoms with Gasteiger partial charge in [-0.05, 0) is 40.0 Å². The van der Waals surface area contributed by atoms with Crippen LogP contribution in [0.3, 0.4) is 0 Å². The molecule has 2 rings (SSSR count). The zero-order chi connectivity index (χ0) is 18.1. The number of fused-ring (bicyclic) bond motifs is 1. The SMILES string of the molecule is CCC[C@H]1CN[C@H](C)CNC2CCCCC2NC[C@H](C)NC[C@H](C)N1. The summed E-state index contributed by atoms with van der Waals surface area (Å²) in [5.41, 5.74) is 0. The van der Waals surface area contributed by atoms with Crippen LogP contribution in [0.1, 0.15) is 66.2 Å². The van der Waals surface area contributed by atoms with Crippen molar-refractivity contribution in [3.05, 3.63) is 0 Å². The first-order valence-electron chi connectivity index (χ1n) is 10.8. The molecule has 0 aromatic rings. The van der Waals surface area contributed by atoms with E-state index in [1.165, 1.54) is 38.5 Å². The molecule has 2 aliphatic rings. The Labute approximate surface area is 155 Å². The Morgan fingerprint density at radius 1 is 0.680 bits per heavy atom. The summed E-state index contributed by atoms with van der Waals surface area (Å²) in [5.74, 6) is 0. The van der Waals surface area contributed by atoms with Crippen molar-refractivity contribution in [2.24, 2.45) is 0 Å². The predicted molar refractivity (Wildman–Crippen MR) is 108 cm³/mol. The smallest absolute Gasteiger partial charge is 0.0221 e. The van der Waals surface area contributed by atoms with Gasteiger partial charge < -0.3 is 26.6 Å². The Hall–Kier alpha value is -0.200. The molecule has 1 aliphatic carbocycles. The molecule has 1 aliphatic heterocycles. The van der Waals surface area contributed by atoms with Gasteiger partial charge in [0.1, 0.15) is 0 Å². The van der Waals surface area contributed by atoms with Gasteiger partial charge in [-0.2, -0.15) is 0 Å². The zero-order valence-corrected chi connectivity index (χ0v) is 17.0. The monoisotopic (exact) mass is 353 g/mol. The summed E-state index contributed by atoms with van der Waals surface area (Å²) in [4.78, 5) is 0. The molecule has 0 bridgehead atoms. The standard InChI is InChI=1S/C20H43N5/c1-5-8-18-14-22-16(3)12-24-20-10-7-6-9-19(20)23-11-15(2)21-13-17(4)25-18/h15-25H,5-14H2,1-4H3/t15-,16+,17-,18-,19?,20?/m0/s1. The van der Waals surface area contributed by atoms with Crippen LogP contribution in [0.5, 0.6) is 0 Å². The van der Waals surface area contributed by atoms with Crippen molar-refractivity contribution in [2.45, 2.75) is 102 Å². The second-order valence-corrected chi connectivity index (χ2v) is 8.49. The fraction of sp³-hybridized carbons (Fsp3) is 1.00. The fourth-order valence-electron chi connectivity index (χ4n) is 4.20. The molecule has 5 N–H and O–H groups in total. The number of rotatable bonds is 2. The molecule has 1 saturated carbocycles. The summed E-state index contributed by atoms with van der Waals surface area (Å²) in [5, 5.41) is 18.9. The maximum absolute atomic E-state index is 3.85. The normalized spacial score (nSPS) is 39.8. The van der Waals surface area contributed by atoms with Crippen molar-refractivity contribution < 1.29 is 0 Å². The maximum atomic E-state index is 3.85. The first-order valence-corrected chi connectivity index (χ1v) is 10.8. The Kier molecular flexibility index (Phi) is 9.71. The van der Waals surface area contributed by atoms with Crippen LogP contribution in [-0.2, 0) is 0 Å². The highest BCUT2D eigenvalue weighted by Crippen LogP contribution is 2.18. The van der Waals surface area contributed by atoms with Crippen LogP contribution < -0.4 is 26.6 Å². The lowest BCUT2D eigenvalue weighted by Crippen LogP contribution is -2.54. The third-order valence-electron chi connectivity index (χ3n) is 5.78. The molecular formula is C20H43N5. The van der Waals surface area contributed by atoms with E-state index in [0.29, 0.717) is 36.3 Å². The lowest BCUT2D eigenvalue weighted by Gasteiger charge is -2.34. The molecule has 0 spiro atoms. The van der Waals surface area contributed by atoms with Crippen LogP contribution in [0, 0.1) is 0 Å². The van der Waals surface area contributed by atoms with E-state index in [1.54, 1.807) is 0 Å². The van der Waals surface area contributed by atoms with Gasteiger partial charge in [0.25, 0.3) is 0 Å². The van der Waals surface area contributed by atoms with Crippen molar-refractivity contribution in [2.75, 3.05) is 26.2 Å². The fourth-order valence-corrected chi connectivity index (χ4v) is 4.20. The third-order valence-corrected chi connectivity index (χ3v) is 5.78. The zero-order valence-electron chi connectivity index (χ0n) is 17.0. The Morgan fingerprint density at radius 2 is 1.20 bits per heavy atom. The summed E-state index contributed by atoms with van der Waals surface area (Å²) in [7, 11) is 0. The molecule has 0 aromatic heterocycles. The number of nitrogens with one attached hydrogen (secondary N) is 5. The molecule has 2 unspecified atom stereocenters. The van der Waals surface area contributed by atoms with Gasteiger partial charge in [-0.1, -0.05) is 26.2 Å². The molecule has 1 heterocycles. The van der Waals surface area contributed by atoms with E-state index >= 15 is 0 Å². The summed E-state index contributed by atoms with van der Waals surface area (Å²) < 4.78 is 0. The first kappa shape index (κ1) is 21.1. The minimum Gasteiger partial charge on any atom is -0.311 e. The van der Waals surface area contributed by atoms with Gasteiger partial charge in [-0.3, -0.25) is 0 Å². The molecule has 5 heteroatoms. The van der Waals surface area contributed by atoms with Gasteiger partial charge in [-0.25, -0.2) is 0 Å². The molecule has 6 atom stereocenters. The van der Waals surface area contributed by atoms with Crippen LogP contribution in [0.25, 0.3) is 0 Å². The molecule has 148 valence electrons. The lowest BCUT2D eigenvalue weighted by atomic mass is 9.90. The number of hydrogen-bond acceptors (Lipinski definition) is 5. The molecule has 1 saturated heterocycles. The maximum Gasteiger partial charge on any atom is 0.0221 e. The van der Waals surface area contributed by atoms with Crippen molar-refractivity contribution in [1.29, 1.82) is 0 Å². The molecule has 0 radical (unpaired) electrons. The summed E-state index contributed by atoms with van der Waals surface area (Å²) >= 11 is 0. The van der Waals surface area contributed by atoms with E-state index in [-0.39, 0.29) is 0 Å². The Balaban J connectivity index is 1.95. The average Bonchev–Trinajstić information content (AvgIpc) is 2.61. The topological polar surface area (TPSA) is 60.1 Å². The second kappa shape index (κ2) is 11.5. The molecular weight excluding hydrogens is 310 g/mol. The van der Waals surface area contributed by atoms with Gasteiger partial charge in [0.05, 0.1) is 0 Å². The largest absolute Gasteiger partial charge is 0.311 e. The van der Waals surface area contributed by atoms with Gasteiger partial charge >= 0.3 is 0 Å². The second-order valence-electron chi connectivity index (χ2n) is 8.49. The van der Waals surface area contributed by atoms with Gasteiger partial charge in [0.2, 0.25) is 0 Å². The van der Waals surface area contributed by atoms with Crippen molar-refractivity contribution in [1.82, 2.24) is 26.6 Å². The summed E-state index contributed by atoms with van der Waals surface area (Å²) in [6.45, 7) is 13.4. The molecule has 0 amide bonds. The van der Waals surface area contributed by atoms with E-state index in [4.69, 9.17) is 0 Å². The van der Waals surface area contributed by atoms with Crippen molar-refractivity contribution in [3.8, 4) is 0 Å². The highest BCUT2D eigenvalue weighted by molar-refractivity contribution is 4.89. The van der Waals surface area contributed by atoms with Gasteiger partial charge in [0.15, 0.2) is 0 Å². The highest BCUT2D eigenvalue weighted by atomic mass is 15.1. The quantitative estimate of drug-likeness (QED) is 0.522. The van der Waals surface area contributed by atoms with E-state index < -0.39 is 0 Å². The minimum atomic E-state index is 0.502. The molecule has 0 aromatic carbocycles. The van der Waals surface area contributed by atoms with E-state index in [0.717, 1.165) is 26.2 Å². The average molecular weight is 354 g/mol. The third kappa shape index (κ3) is 7.92. The van der Waals surface area contributed by atoms with E-state index in [2.05, 4.69) is 54.3 Å². The van der Waals surface area contributed by atoms with Gasteiger partial charge in [0, 0.05) is 62.4 Å². The van der Waals surface area contributed by atoms with Crippen LogP contribution in [-0.4, -0.2) is 62.4 Å². The van der Waals surface area contributed by atoms with Crippen LogP contribution in [0.4, 0.5) is 0 Å². The predicted octanol–water partition coefficient (Wildman–Crippen LogP) is 1.59. The molecule has 25 heavy (non-hydrogen) atoms. The van der Waals surface area contributed by atoms with Gasteiger partial charge in [-0.15, -0.1) is 0 Å². The van der Waals surface area contributed by atoms with E-state index in [9.17, 15) is 0 Å². The van der Waals surface area contributed by atoms with E-state index in [1.807, 2.05) is 0 Å². The summed E-state index contributed by atoms with van der Waals surface area (Å²) in [6, 6.07) is 3.34. The van der Waals surface area contributed by atoms with Crippen LogP contribution in [0.15, 0.2) is 0 Å². The Morgan fingerprint density at radius 3 is 1.76 bits per heavy atom. The first-order chi connectivity index (χ1) is 12.1. The lowest BCUT2D eigenvalue weighted by molar-refractivity contribution is 0.271. The molecule has 5 nitrogen and oxygen atoms in total. The minimum absolute atomic E-state index is 0.502.